The van der Waals surface area contributed by atoms with Crippen LogP contribution in [0.25, 0.3) is 0 Å². The molecule has 8 heteroatoms. The molecular formula is C24H45NO6S. The summed E-state index contributed by atoms with van der Waals surface area (Å²) < 4.78 is 9.88. The van der Waals surface area contributed by atoms with Gasteiger partial charge in [0.25, 0.3) is 0 Å². The number of hydrogen-bond donors (Lipinski definition) is 2. The van der Waals surface area contributed by atoms with Crippen LogP contribution in [0.1, 0.15) is 66.2 Å². The first-order valence-corrected chi connectivity index (χ1v) is 12.9. The van der Waals surface area contributed by atoms with Gasteiger partial charge in [-0.05, 0) is 32.1 Å². The summed E-state index contributed by atoms with van der Waals surface area (Å²) in [6.45, 7) is 10.3. The van der Waals surface area contributed by atoms with Crippen molar-refractivity contribution in [1.29, 1.82) is 0 Å². The first-order chi connectivity index (χ1) is 15.4. The highest BCUT2D eigenvalue weighted by Gasteiger charge is 2.18. The Kier molecular flexibility index (Phi) is 19.8. The van der Waals surface area contributed by atoms with Crippen molar-refractivity contribution in [3.8, 4) is 0 Å². The van der Waals surface area contributed by atoms with Gasteiger partial charge in [0.1, 0.15) is 13.2 Å². The molecule has 0 bridgehead atoms. The van der Waals surface area contributed by atoms with Gasteiger partial charge in [-0.1, -0.05) is 38.8 Å². The normalized spacial score (nSPS) is 13.8. The highest BCUT2D eigenvalue weighted by Crippen LogP contribution is 2.28. The minimum atomic E-state index is -0.352. The number of aliphatic hydroxyl groups excluding tert-OH is 2. The van der Waals surface area contributed by atoms with Gasteiger partial charge in [0, 0.05) is 30.6 Å². The number of nitrogens with zero attached hydrogens (tertiary/aromatic N) is 1. The average molecular weight is 476 g/mol. The summed E-state index contributed by atoms with van der Waals surface area (Å²) in [6, 6.07) is 0. The first kappa shape index (κ1) is 30.9. The van der Waals surface area contributed by atoms with Crippen molar-refractivity contribution in [2.45, 2.75) is 71.5 Å². The molecule has 0 spiro atoms. The predicted molar refractivity (Wildman–Crippen MR) is 131 cm³/mol. The molecule has 0 rings (SSSR count). The predicted octanol–water partition coefficient (Wildman–Crippen LogP) is 3.42. The lowest BCUT2D eigenvalue weighted by Gasteiger charge is -2.26. The van der Waals surface area contributed by atoms with E-state index in [1.54, 1.807) is 0 Å². The standard InChI is InChI=1S/C24H45NO6S/c1-5-7-20(3)8-9-22(21(4)6-2)32-19-14-25(12-10-23(28)30-17-15-26)13-11-24(29)31-18-16-27/h7,21-22,26-27H,5-6,8-19H2,1-4H3/b20-7+. The second-order valence-corrected chi connectivity index (χ2v) is 9.37. The van der Waals surface area contributed by atoms with Gasteiger partial charge < -0.3 is 24.6 Å². The molecule has 0 aliphatic heterocycles. The Morgan fingerprint density at radius 1 is 0.969 bits per heavy atom. The largest absolute Gasteiger partial charge is 0.463 e. The molecule has 32 heavy (non-hydrogen) atoms. The van der Waals surface area contributed by atoms with Crippen LogP contribution < -0.4 is 0 Å². The average Bonchev–Trinajstić information content (AvgIpc) is 2.79. The van der Waals surface area contributed by atoms with Gasteiger partial charge in [0.05, 0.1) is 26.1 Å². The molecule has 0 radical (unpaired) electrons. The molecule has 2 atom stereocenters. The third-order valence-electron chi connectivity index (χ3n) is 5.37. The molecule has 0 aromatic heterocycles. The smallest absolute Gasteiger partial charge is 0.307 e. The van der Waals surface area contributed by atoms with Crippen LogP contribution in [0, 0.1) is 5.92 Å². The molecule has 0 aliphatic rings. The summed E-state index contributed by atoms with van der Waals surface area (Å²) in [7, 11) is 0. The Morgan fingerprint density at radius 3 is 2.00 bits per heavy atom. The molecule has 2 unspecified atom stereocenters. The highest BCUT2D eigenvalue weighted by molar-refractivity contribution is 7.99. The lowest BCUT2D eigenvalue weighted by Crippen LogP contribution is -2.32. The topological polar surface area (TPSA) is 96.3 Å². The van der Waals surface area contributed by atoms with Crippen LogP contribution in [0.15, 0.2) is 11.6 Å². The van der Waals surface area contributed by atoms with E-state index in [9.17, 15) is 9.59 Å². The minimum Gasteiger partial charge on any atom is -0.463 e. The molecule has 0 aromatic carbocycles. The maximum Gasteiger partial charge on any atom is 0.307 e. The number of aliphatic hydroxyl groups is 2. The van der Waals surface area contributed by atoms with E-state index in [1.165, 1.54) is 5.57 Å². The molecule has 188 valence electrons. The molecule has 0 amide bonds. The van der Waals surface area contributed by atoms with Gasteiger partial charge in [0.15, 0.2) is 0 Å². The number of thioether (sulfide) groups is 1. The number of ether oxygens (including phenoxy) is 2. The van der Waals surface area contributed by atoms with Crippen molar-refractivity contribution in [2.75, 3.05) is 51.8 Å². The Bertz CT molecular complexity index is 505. The SMILES string of the molecule is CC/C=C(\C)CCC(SCCN(CCC(=O)OCCO)CCC(=O)OCCO)C(C)CC. The third kappa shape index (κ3) is 16.5. The zero-order valence-electron chi connectivity index (χ0n) is 20.5. The van der Waals surface area contributed by atoms with E-state index < -0.39 is 0 Å². The van der Waals surface area contributed by atoms with Gasteiger partial charge in [0.2, 0.25) is 0 Å². The van der Waals surface area contributed by atoms with Crippen LogP contribution in [0.2, 0.25) is 0 Å². The molecule has 7 nitrogen and oxygen atoms in total. The lowest BCUT2D eigenvalue weighted by molar-refractivity contribution is -0.145. The Hall–Kier alpha value is -1.09. The van der Waals surface area contributed by atoms with Gasteiger partial charge in [-0.2, -0.15) is 11.8 Å². The van der Waals surface area contributed by atoms with Crippen molar-refractivity contribution < 1.29 is 29.3 Å². The van der Waals surface area contributed by atoms with E-state index in [0.29, 0.717) is 24.3 Å². The zero-order valence-corrected chi connectivity index (χ0v) is 21.3. The van der Waals surface area contributed by atoms with Crippen molar-refractivity contribution in [1.82, 2.24) is 4.90 Å². The Balaban J connectivity index is 4.73. The van der Waals surface area contributed by atoms with E-state index in [4.69, 9.17) is 19.7 Å². The number of esters is 2. The molecule has 0 saturated heterocycles. The van der Waals surface area contributed by atoms with E-state index in [2.05, 4.69) is 38.7 Å². The lowest BCUT2D eigenvalue weighted by atomic mass is 9.98. The van der Waals surface area contributed by atoms with Gasteiger partial charge in [-0.25, -0.2) is 0 Å². The third-order valence-corrected chi connectivity index (χ3v) is 6.91. The second kappa shape index (κ2) is 20.5. The van der Waals surface area contributed by atoms with E-state index in [1.807, 2.05) is 11.8 Å². The molecule has 0 fully saturated rings. The summed E-state index contributed by atoms with van der Waals surface area (Å²) >= 11 is 1.97. The quantitative estimate of drug-likeness (QED) is 0.204. The van der Waals surface area contributed by atoms with E-state index in [0.717, 1.165) is 38.0 Å². The molecular weight excluding hydrogens is 430 g/mol. The van der Waals surface area contributed by atoms with Gasteiger partial charge in [-0.3, -0.25) is 9.59 Å². The fourth-order valence-corrected chi connectivity index (χ4v) is 4.72. The van der Waals surface area contributed by atoms with Crippen LogP contribution in [-0.2, 0) is 19.1 Å². The fourth-order valence-electron chi connectivity index (χ4n) is 3.25. The summed E-state index contributed by atoms with van der Waals surface area (Å²) in [5, 5.41) is 18.1. The Morgan fingerprint density at radius 2 is 1.53 bits per heavy atom. The monoisotopic (exact) mass is 475 g/mol. The van der Waals surface area contributed by atoms with Crippen LogP contribution in [0.5, 0.6) is 0 Å². The summed E-state index contributed by atoms with van der Waals surface area (Å²) in [5.74, 6) is 0.846. The maximum atomic E-state index is 11.8. The van der Waals surface area contributed by atoms with Crippen molar-refractivity contribution in [3.05, 3.63) is 11.6 Å². The van der Waals surface area contributed by atoms with Crippen molar-refractivity contribution in [3.63, 3.8) is 0 Å². The molecule has 0 aliphatic carbocycles. The molecule has 0 aromatic rings. The number of rotatable bonds is 20. The van der Waals surface area contributed by atoms with Gasteiger partial charge >= 0.3 is 11.9 Å². The van der Waals surface area contributed by atoms with Crippen LogP contribution in [0.4, 0.5) is 0 Å². The Labute approximate surface area is 198 Å². The van der Waals surface area contributed by atoms with E-state index in [-0.39, 0.29) is 51.2 Å². The van der Waals surface area contributed by atoms with Crippen LogP contribution in [0.3, 0.4) is 0 Å². The molecule has 0 heterocycles. The van der Waals surface area contributed by atoms with Crippen molar-refractivity contribution in [2.24, 2.45) is 5.92 Å². The van der Waals surface area contributed by atoms with Crippen LogP contribution >= 0.6 is 11.8 Å². The highest BCUT2D eigenvalue weighted by atomic mass is 32.2. The summed E-state index contributed by atoms with van der Waals surface area (Å²) in [5.41, 5.74) is 1.45. The molecule has 0 saturated carbocycles. The number of carbonyl (C=O) groups is 2. The second-order valence-electron chi connectivity index (χ2n) is 8.02. The number of hydrogen-bond acceptors (Lipinski definition) is 8. The first-order valence-electron chi connectivity index (χ1n) is 11.9. The summed E-state index contributed by atoms with van der Waals surface area (Å²) in [4.78, 5) is 25.7. The maximum absolute atomic E-state index is 11.8. The van der Waals surface area contributed by atoms with Crippen molar-refractivity contribution >= 4 is 23.7 Å². The fraction of sp³-hybridized carbons (Fsp3) is 0.833. The van der Waals surface area contributed by atoms with Crippen LogP contribution in [-0.4, -0.2) is 84.1 Å². The summed E-state index contributed by atoms with van der Waals surface area (Å²) in [6.07, 6.45) is 7.22. The zero-order chi connectivity index (χ0) is 24.2. The van der Waals surface area contributed by atoms with E-state index >= 15 is 0 Å². The minimum absolute atomic E-state index is 0.00461. The number of allylic oxidation sites excluding steroid dienone is 2. The number of carbonyl (C=O) groups excluding carboxylic acids is 2. The molecule has 2 N–H and O–H groups in total. The van der Waals surface area contributed by atoms with Gasteiger partial charge in [-0.15, -0.1) is 0 Å².